The van der Waals surface area contributed by atoms with E-state index in [0.717, 1.165) is 18.4 Å². The van der Waals surface area contributed by atoms with Crippen molar-refractivity contribution >= 4 is 22.4 Å². The van der Waals surface area contributed by atoms with Crippen molar-refractivity contribution in [2.75, 3.05) is 0 Å². The number of benzene rings is 3. The molecular weight excluding hydrogens is 360 g/mol. The summed E-state index contributed by atoms with van der Waals surface area (Å²) in [6.07, 6.45) is 8.38. The van der Waals surface area contributed by atoms with Crippen LogP contribution in [0.5, 0.6) is 0 Å². The number of allylic oxidation sites excluding steroid dienone is 3. The van der Waals surface area contributed by atoms with Gasteiger partial charge in [-0.15, -0.1) is 6.58 Å². The zero-order chi connectivity index (χ0) is 22.5. The van der Waals surface area contributed by atoms with Crippen LogP contribution in [0.2, 0.25) is 0 Å². The third-order valence-electron chi connectivity index (χ3n) is 4.77. The molecule has 0 spiro atoms. The predicted molar refractivity (Wildman–Crippen MR) is 139 cm³/mol. The average molecular weight is 399 g/mol. The Labute approximate surface area is 184 Å². The number of hydrogen-bond acceptors (Lipinski definition) is 0. The van der Waals surface area contributed by atoms with Gasteiger partial charge < -0.3 is 0 Å². The van der Waals surface area contributed by atoms with E-state index in [1.54, 1.807) is 6.08 Å². The van der Waals surface area contributed by atoms with Gasteiger partial charge in [-0.3, -0.25) is 0 Å². The summed E-state index contributed by atoms with van der Waals surface area (Å²) in [5.74, 6) is 0. The van der Waals surface area contributed by atoms with Gasteiger partial charge in [-0.05, 0) is 65.8 Å². The van der Waals surface area contributed by atoms with Crippen LogP contribution >= 0.6 is 0 Å². The molecule has 3 rings (SSSR count). The fraction of sp³-hybridized carbons (Fsp3) is 0.267. The maximum Gasteiger partial charge on any atom is -0.0109 e. The van der Waals surface area contributed by atoms with Crippen LogP contribution in [-0.2, 0) is 6.42 Å². The van der Waals surface area contributed by atoms with E-state index in [1.807, 2.05) is 20.8 Å². The third-order valence-corrected chi connectivity index (χ3v) is 4.77. The van der Waals surface area contributed by atoms with Crippen molar-refractivity contribution in [2.45, 2.75) is 54.4 Å². The molecule has 0 heterocycles. The molecule has 0 saturated heterocycles. The van der Waals surface area contributed by atoms with Gasteiger partial charge in [0, 0.05) is 0 Å². The van der Waals surface area contributed by atoms with E-state index < -0.39 is 0 Å². The minimum atomic E-state index is 1.08. The van der Waals surface area contributed by atoms with Crippen LogP contribution in [0, 0.1) is 13.8 Å². The van der Waals surface area contributed by atoms with Crippen LogP contribution in [0.25, 0.3) is 22.4 Å². The Balaban J connectivity index is 0.000000826. The normalized spacial score (nSPS) is 10.1. The molecule has 0 amide bonds. The third kappa shape index (κ3) is 6.88. The summed E-state index contributed by atoms with van der Waals surface area (Å²) in [7, 11) is 0. The maximum absolute atomic E-state index is 4.34. The molecule has 3 aromatic rings. The Morgan fingerprint density at radius 2 is 1.63 bits per heavy atom. The fourth-order valence-electron chi connectivity index (χ4n) is 3.41. The molecule has 0 N–H and O–H groups in total. The molecule has 30 heavy (non-hydrogen) atoms. The van der Waals surface area contributed by atoms with Crippen molar-refractivity contribution in [3.05, 3.63) is 108 Å². The van der Waals surface area contributed by atoms with Gasteiger partial charge in [0.2, 0.25) is 0 Å². The minimum Gasteiger partial charge on any atom is -0.103 e. The van der Waals surface area contributed by atoms with Crippen LogP contribution in [0.3, 0.4) is 0 Å². The standard InChI is InChI=1S/C25H26.C3H6.C2H6/c1-5-8-22-17-18(2)11-15-23(22)19(3)13-16-24-20(4)12-14-21-9-6-7-10-25(21)24;1-3-2;1-2/h6-7,9-17H,3,5,8H2,1-2,4H3;3H,1H2,2H3;1-2H3/b16-13-;;. The van der Waals surface area contributed by atoms with E-state index in [4.69, 9.17) is 0 Å². The summed E-state index contributed by atoms with van der Waals surface area (Å²) < 4.78 is 0. The second-order valence-electron chi connectivity index (χ2n) is 7.19. The number of rotatable bonds is 5. The molecule has 0 unspecified atom stereocenters. The van der Waals surface area contributed by atoms with Gasteiger partial charge in [0.05, 0.1) is 0 Å². The van der Waals surface area contributed by atoms with Gasteiger partial charge >= 0.3 is 0 Å². The first-order valence-corrected chi connectivity index (χ1v) is 11.0. The van der Waals surface area contributed by atoms with Gasteiger partial charge in [0.25, 0.3) is 0 Å². The molecule has 0 atom stereocenters. The summed E-state index contributed by atoms with van der Waals surface area (Å²) in [6, 6.07) is 19.6. The second kappa shape index (κ2) is 13.4. The van der Waals surface area contributed by atoms with Crippen LogP contribution < -0.4 is 0 Å². The van der Waals surface area contributed by atoms with Gasteiger partial charge in [-0.25, -0.2) is 0 Å². The van der Waals surface area contributed by atoms with Crippen molar-refractivity contribution in [3.8, 4) is 0 Å². The monoisotopic (exact) mass is 398 g/mol. The van der Waals surface area contributed by atoms with Crippen LogP contribution in [0.4, 0.5) is 0 Å². The van der Waals surface area contributed by atoms with E-state index in [-0.39, 0.29) is 0 Å². The largest absolute Gasteiger partial charge is 0.103 e. The molecule has 0 bridgehead atoms. The topological polar surface area (TPSA) is 0 Å². The van der Waals surface area contributed by atoms with Crippen LogP contribution in [-0.4, -0.2) is 0 Å². The summed E-state index contributed by atoms with van der Waals surface area (Å²) in [4.78, 5) is 0. The summed E-state index contributed by atoms with van der Waals surface area (Å²) >= 11 is 0. The first kappa shape index (κ1) is 25.2. The molecular formula is C30H38. The Hall–Kier alpha value is -2.86. The highest BCUT2D eigenvalue weighted by atomic mass is 14.1. The summed E-state index contributed by atoms with van der Waals surface area (Å²) in [5.41, 5.74) is 7.63. The molecule has 0 radical (unpaired) electrons. The van der Waals surface area contributed by atoms with Gasteiger partial charge in [-0.2, -0.15) is 0 Å². The number of fused-ring (bicyclic) bond motifs is 1. The minimum absolute atomic E-state index is 1.08. The van der Waals surface area contributed by atoms with Crippen LogP contribution in [0.1, 0.15) is 61.9 Å². The van der Waals surface area contributed by atoms with Crippen molar-refractivity contribution in [1.29, 1.82) is 0 Å². The molecule has 0 aliphatic carbocycles. The van der Waals surface area contributed by atoms with Crippen molar-refractivity contribution < 1.29 is 0 Å². The zero-order valence-corrected chi connectivity index (χ0v) is 19.8. The number of hydrogen-bond donors (Lipinski definition) is 0. The van der Waals surface area contributed by atoms with Crippen molar-refractivity contribution in [3.63, 3.8) is 0 Å². The summed E-state index contributed by atoms with van der Waals surface area (Å²) in [6.45, 7) is 20.1. The summed E-state index contributed by atoms with van der Waals surface area (Å²) in [5, 5.41) is 2.57. The Kier molecular flexibility index (Phi) is 11.2. The molecule has 0 heteroatoms. The lowest BCUT2D eigenvalue weighted by atomic mass is 9.94. The zero-order valence-electron chi connectivity index (χ0n) is 19.8. The average Bonchev–Trinajstić information content (AvgIpc) is 2.75. The predicted octanol–water partition coefficient (Wildman–Crippen LogP) is 9.35. The van der Waals surface area contributed by atoms with Crippen molar-refractivity contribution in [1.82, 2.24) is 0 Å². The maximum atomic E-state index is 4.34. The molecule has 0 fully saturated rings. The molecule has 0 aliphatic rings. The van der Waals surface area contributed by atoms with E-state index in [2.05, 4.69) is 101 Å². The van der Waals surface area contributed by atoms with E-state index in [1.165, 1.54) is 38.6 Å². The van der Waals surface area contributed by atoms with Gasteiger partial charge in [0.1, 0.15) is 0 Å². The first-order chi connectivity index (χ1) is 14.5. The van der Waals surface area contributed by atoms with E-state index in [9.17, 15) is 0 Å². The molecule has 0 nitrogen and oxygen atoms in total. The Morgan fingerprint density at radius 1 is 0.967 bits per heavy atom. The molecule has 0 aromatic heterocycles. The Morgan fingerprint density at radius 3 is 2.30 bits per heavy atom. The van der Waals surface area contributed by atoms with E-state index >= 15 is 0 Å². The first-order valence-electron chi connectivity index (χ1n) is 11.0. The lowest BCUT2D eigenvalue weighted by Gasteiger charge is -2.11. The fourth-order valence-corrected chi connectivity index (χ4v) is 3.41. The number of aryl methyl sites for hydroxylation is 3. The highest BCUT2D eigenvalue weighted by Crippen LogP contribution is 2.26. The quantitative estimate of drug-likeness (QED) is 0.296. The van der Waals surface area contributed by atoms with Gasteiger partial charge in [0.15, 0.2) is 0 Å². The van der Waals surface area contributed by atoms with Crippen LogP contribution in [0.15, 0.2) is 79.9 Å². The molecule has 158 valence electrons. The molecule has 3 aromatic carbocycles. The molecule has 0 aliphatic heterocycles. The molecule has 0 saturated carbocycles. The lowest BCUT2D eigenvalue weighted by Crippen LogP contribution is -1.93. The Bertz CT molecular complexity index is 986. The van der Waals surface area contributed by atoms with Crippen molar-refractivity contribution in [2.24, 2.45) is 0 Å². The van der Waals surface area contributed by atoms with E-state index in [0.29, 0.717) is 0 Å². The smallest absolute Gasteiger partial charge is 0.0109 e. The SMILES string of the molecule is C=C(/C=C\c1c(C)ccc2ccccc12)c1ccc(C)cc1CCC.C=CC.CC. The lowest BCUT2D eigenvalue weighted by molar-refractivity contribution is 0.917. The highest BCUT2D eigenvalue weighted by Gasteiger charge is 2.05. The van der Waals surface area contributed by atoms with Gasteiger partial charge in [-0.1, -0.05) is 112 Å². The highest BCUT2D eigenvalue weighted by molar-refractivity contribution is 5.93. The second-order valence-corrected chi connectivity index (χ2v) is 7.19.